The number of hydrogen-bond acceptors (Lipinski definition) is 5. The smallest absolute Gasteiger partial charge is 0.348 e. The molecule has 2 aromatic rings. The highest BCUT2D eigenvalue weighted by Gasteiger charge is 2.22. The zero-order valence-electron chi connectivity index (χ0n) is 13.9. The van der Waals surface area contributed by atoms with Gasteiger partial charge >= 0.3 is 5.97 Å². The van der Waals surface area contributed by atoms with Crippen LogP contribution in [0.2, 0.25) is 0 Å². The first-order valence-corrected chi connectivity index (χ1v) is 8.86. The molecule has 1 aromatic carbocycles. The molecule has 1 amide bonds. The van der Waals surface area contributed by atoms with Crippen LogP contribution >= 0.6 is 11.3 Å². The number of halogens is 1. The molecule has 0 aliphatic carbocycles. The second-order valence-corrected chi connectivity index (χ2v) is 7.12. The molecule has 0 bridgehead atoms. The van der Waals surface area contributed by atoms with E-state index in [9.17, 15) is 14.0 Å². The first kappa shape index (κ1) is 17.4. The summed E-state index contributed by atoms with van der Waals surface area (Å²) < 4.78 is 18.1. The average molecular weight is 362 g/mol. The molecular weight excluding hydrogens is 343 g/mol. The molecule has 0 spiro atoms. The molecule has 0 saturated carbocycles. The van der Waals surface area contributed by atoms with Gasteiger partial charge in [0.05, 0.1) is 0 Å². The Balaban J connectivity index is 1.46. The topological polar surface area (TPSA) is 49.9 Å². The number of aryl methyl sites for hydroxylation is 1. The van der Waals surface area contributed by atoms with Crippen molar-refractivity contribution in [2.45, 2.75) is 6.92 Å². The normalized spacial score (nSPS) is 14.5. The molecule has 1 aliphatic heterocycles. The van der Waals surface area contributed by atoms with Crippen LogP contribution in [0.25, 0.3) is 0 Å². The molecule has 1 aromatic heterocycles. The van der Waals surface area contributed by atoms with Crippen LogP contribution < -0.4 is 4.90 Å². The molecule has 1 fully saturated rings. The van der Waals surface area contributed by atoms with Crippen molar-refractivity contribution in [2.75, 3.05) is 37.7 Å². The maximum atomic E-state index is 13.0. The van der Waals surface area contributed by atoms with Crippen LogP contribution in [0.1, 0.15) is 14.5 Å². The fourth-order valence-corrected chi connectivity index (χ4v) is 3.46. The first-order valence-electron chi connectivity index (χ1n) is 8.05. The number of anilines is 1. The van der Waals surface area contributed by atoms with Gasteiger partial charge in [0, 0.05) is 36.7 Å². The van der Waals surface area contributed by atoms with Crippen LogP contribution in [-0.2, 0) is 9.53 Å². The van der Waals surface area contributed by atoms with Crippen LogP contribution in [-0.4, -0.2) is 49.6 Å². The molecule has 0 radical (unpaired) electrons. The fourth-order valence-electron chi connectivity index (χ4n) is 2.70. The Morgan fingerprint density at radius 2 is 1.76 bits per heavy atom. The molecule has 0 N–H and O–H groups in total. The quantitative estimate of drug-likeness (QED) is 0.785. The van der Waals surface area contributed by atoms with E-state index in [2.05, 4.69) is 4.90 Å². The molecule has 132 valence electrons. The minimum absolute atomic E-state index is 0.194. The van der Waals surface area contributed by atoms with E-state index in [1.54, 1.807) is 23.1 Å². The lowest BCUT2D eigenvalue weighted by atomic mass is 10.2. The summed E-state index contributed by atoms with van der Waals surface area (Å²) in [6.07, 6.45) is 0. The van der Waals surface area contributed by atoms with Crippen LogP contribution in [0.15, 0.2) is 36.4 Å². The Labute approximate surface area is 149 Å². The molecule has 0 unspecified atom stereocenters. The van der Waals surface area contributed by atoms with Crippen LogP contribution in [0, 0.1) is 12.7 Å². The Morgan fingerprint density at radius 3 is 2.36 bits per heavy atom. The van der Waals surface area contributed by atoms with Crippen molar-refractivity contribution in [3.8, 4) is 0 Å². The number of rotatable bonds is 4. The summed E-state index contributed by atoms with van der Waals surface area (Å²) in [6, 6.07) is 9.87. The molecule has 3 rings (SSSR count). The Bertz CT molecular complexity index is 752. The van der Waals surface area contributed by atoms with E-state index < -0.39 is 5.97 Å². The van der Waals surface area contributed by atoms with Crippen LogP contribution in [0.5, 0.6) is 0 Å². The highest BCUT2D eigenvalue weighted by molar-refractivity contribution is 7.13. The predicted molar refractivity (Wildman–Crippen MR) is 94.5 cm³/mol. The molecule has 25 heavy (non-hydrogen) atoms. The standard InChI is InChI=1S/C18H19FN2O3S/c1-13-2-7-16(25-13)18(23)24-12-17(22)21-10-8-20(9-11-21)15-5-3-14(19)4-6-15/h2-7H,8-12H2,1H3. The third-order valence-corrected chi connectivity index (χ3v) is 5.07. The van der Waals surface area contributed by atoms with Gasteiger partial charge in [-0.05, 0) is 43.3 Å². The van der Waals surface area contributed by atoms with Gasteiger partial charge in [0.25, 0.3) is 5.91 Å². The molecule has 1 saturated heterocycles. The lowest BCUT2D eigenvalue weighted by Gasteiger charge is -2.36. The van der Waals surface area contributed by atoms with Gasteiger partial charge in [0.2, 0.25) is 0 Å². The van der Waals surface area contributed by atoms with E-state index in [0.29, 0.717) is 31.1 Å². The maximum Gasteiger partial charge on any atom is 0.348 e. The largest absolute Gasteiger partial charge is 0.451 e. The lowest BCUT2D eigenvalue weighted by molar-refractivity contribution is -0.134. The second-order valence-electron chi connectivity index (χ2n) is 5.83. The number of amides is 1. The van der Waals surface area contributed by atoms with E-state index in [1.807, 2.05) is 13.0 Å². The Hall–Kier alpha value is -2.41. The minimum Gasteiger partial charge on any atom is -0.451 e. The number of carbonyl (C=O) groups is 2. The summed E-state index contributed by atoms with van der Waals surface area (Å²) in [7, 11) is 0. The van der Waals surface area contributed by atoms with Gasteiger partial charge in [-0.15, -0.1) is 11.3 Å². The van der Waals surface area contributed by atoms with E-state index >= 15 is 0 Å². The zero-order valence-corrected chi connectivity index (χ0v) is 14.7. The Morgan fingerprint density at radius 1 is 1.08 bits per heavy atom. The van der Waals surface area contributed by atoms with E-state index in [4.69, 9.17) is 4.74 Å². The first-order chi connectivity index (χ1) is 12.0. The van der Waals surface area contributed by atoms with Crippen molar-refractivity contribution in [1.29, 1.82) is 0 Å². The summed E-state index contributed by atoms with van der Waals surface area (Å²) in [6.45, 7) is 4.09. The number of nitrogens with zero attached hydrogens (tertiary/aromatic N) is 2. The van der Waals surface area contributed by atoms with Gasteiger partial charge in [-0.2, -0.15) is 0 Å². The summed E-state index contributed by atoms with van der Waals surface area (Å²) in [4.78, 5) is 29.4. The number of hydrogen-bond donors (Lipinski definition) is 0. The van der Waals surface area contributed by atoms with Gasteiger partial charge in [-0.25, -0.2) is 9.18 Å². The summed E-state index contributed by atoms with van der Waals surface area (Å²) in [5.74, 6) is -0.919. The zero-order chi connectivity index (χ0) is 17.8. The molecule has 2 heterocycles. The summed E-state index contributed by atoms with van der Waals surface area (Å²) >= 11 is 1.35. The molecule has 1 aliphatic rings. The number of ether oxygens (including phenoxy) is 1. The molecule has 5 nitrogen and oxygen atoms in total. The third-order valence-electron chi connectivity index (χ3n) is 4.09. The van der Waals surface area contributed by atoms with Gasteiger partial charge in [-0.1, -0.05) is 0 Å². The number of thiophene rings is 1. The summed E-state index contributed by atoms with van der Waals surface area (Å²) in [5.41, 5.74) is 0.938. The van der Waals surface area contributed by atoms with Gasteiger partial charge in [-0.3, -0.25) is 4.79 Å². The van der Waals surface area contributed by atoms with E-state index in [-0.39, 0.29) is 18.3 Å². The molecule has 7 heteroatoms. The number of carbonyl (C=O) groups excluding carboxylic acids is 2. The SMILES string of the molecule is Cc1ccc(C(=O)OCC(=O)N2CCN(c3ccc(F)cc3)CC2)s1. The molecular formula is C18H19FN2O3S. The van der Waals surface area contributed by atoms with Crippen molar-refractivity contribution in [2.24, 2.45) is 0 Å². The van der Waals surface area contributed by atoms with E-state index in [0.717, 1.165) is 10.6 Å². The van der Waals surface area contributed by atoms with Crippen molar-refractivity contribution < 1.29 is 18.7 Å². The average Bonchev–Trinajstić information content (AvgIpc) is 3.07. The predicted octanol–water partition coefficient (Wildman–Crippen LogP) is 2.70. The monoisotopic (exact) mass is 362 g/mol. The second kappa shape index (κ2) is 7.65. The third kappa shape index (κ3) is 4.36. The minimum atomic E-state index is -0.462. The van der Waals surface area contributed by atoms with Gasteiger partial charge in [0.15, 0.2) is 6.61 Å². The van der Waals surface area contributed by atoms with Crippen molar-refractivity contribution in [3.63, 3.8) is 0 Å². The fraction of sp³-hybridized carbons (Fsp3) is 0.333. The number of benzene rings is 1. The van der Waals surface area contributed by atoms with Crippen LogP contribution in [0.4, 0.5) is 10.1 Å². The van der Waals surface area contributed by atoms with Crippen molar-refractivity contribution >= 4 is 28.9 Å². The lowest BCUT2D eigenvalue weighted by Crippen LogP contribution is -2.49. The van der Waals surface area contributed by atoms with Crippen LogP contribution in [0.3, 0.4) is 0 Å². The van der Waals surface area contributed by atoms with Crippen molar-refractivity contribution in [1.82, 2.24) is 4.90 Å². The summed E-state index contributed by atoms with van der Waals surface area (Å²) in [5, 5.41) is 0. The highest BCUT2D eigenvalue weighted by atomic mass is 32.1. The van der Waals surface area contributed by atoms with Crippen molar-refractivity contribution in [3.05, 3.63) is 52.0 Å². The van der Waals surface area contributed by atoms with E-state index in [1.165, 1.54) is 23.5 Å². The maximum absolute atomic E-state index is 13.0. The van der Waals surface area contributed by atoms with Gasteiger partial charge in [0.1, 0.15) is 10.7 Å². The molecule has 0 atom stereocenters. The highest BCUT2D eigenvalue weighted by Crippen LogP contribution is 2.18. The number of esters is 1. The number of piperazine rings is 1. The Kier molecular flexibility index (Phi) is 5.33. The van der Waals surface area contributed by atoms with Gasteiger partial charge < -0.3 is 14.5 Å².